The maximum absolute atomic E-state index is 12.4. The zero-order valence-electron chi connectivity index (χ0n) is 14.8. The van der Waals surface area contributed by atoms with Crippen molar-refractivity contribution in [3.8, 4) is 0 Å². The Hall–Kier alpha value is -2.69. The van der Waals surface area contributed by atoms with Crippen molar-refractivity contribution >= 4 is 19.2 Å². The van der Waals surface area contributed by atoms with Gasteiger partial charge in [-0.1, -0.05) is 0 Å². The molecule has 0 heterocycles. The van der Waals surface area contributed by atoms with E-state index in [0.717, 1.165) is 14.2 Å². The number of hydrogen-bond acceptors (Lipinski definition) is 9. The predicted octanol–water partition coefficient (Wildman–Crippen LogP) is 3.70. The van der Waals surface area contributed by atoms with Crippen molar-refractivity contribution < 1.29 is 33.1 Å². The number of nitro groups is 2. The van der Waals surface area contributed by atoms with Gasteiger partial charge >= 0.3 is 7.82 Å². The number of hydrogen-bond donors (Lipinski definition) is 1. The molecule has 2 aromatic carbocycles. The first kappa shape index (κ1) is 21.6. The molecule has 0 aromatic heterocycles. The van der Waals surface area contributed by atoms with Crippen LogP contribution in [0.25, 0.3) is 0 Å². The topological polar surface area (TPSA) is 151 Å². The summed E-state index contributed by atoms with van der Waals surface area (Å²) in [6, 6.07) is 10.1. The van der Waals surface area contributed by atoms with Crippen LogP contribution in [-0.2, 0) is 18.1 Å². The van der Waals surface area contributed by atoms with Gasteiger partial charge in [-0.2, -0.15) is 0 Å². The van der Waals surface area contributed by atoms with Crippen molar-refractivity contribution in [3.05, 3.63) is 79.9 Å². The molecule has 0 aliphatic heterocycles. The minimum absolute atomic E-state index is 0.178. The average Bonchev–Trinajstić information content (AvgIpc) is 2.71. The molecule has 2 rings (SSSR count). The van der Waals surface area contributed by atoms with Gasteiger partial charge in [0.15, 0.2) is 0 Å². The Morgan fingerprint density at radius 3 is 1.61 bits per heavy atom. The summed E-state index contributed by atoms with van der Waals surface area (Å²) < 4.78 is 27.3. The molecule has 0 amide bonds. The smallest absolute Gasteiger partial charge is 0.385 e. The highest BCUT2D eigenvalue weighted by Crippen LogP contribution is 2.54. The van der Waals surface area contributed by atoms with E-state index >= 15 is 0 Å². The molecule has 0 aliphatic carbocycles. The van der Waals surface area contributed by atoms with E-state index in [0.29, 0.717) is 0 Å². The third-order valence-electron chi connectivity index (χ3n) is 3.85. The summed E-state index contributed by atoms with van der Waals surface area (Å²) in [4.78, 5) is 20.4. The van der Waals surface area contributed by atoms with Gasteiger partial charge in [0.1, 0.15) is 12.2 Å². The Labute approximate surface area is 159 Å². The average molecular weight is 412 g/mol. The molecule has 11 nitrogen and oxygen atoms in total. The molecule has 0 radical (unpaired) electrons. The normalized spacial score (nSPS) is 13.7. The fraction of sp³-hybridized carbons (Fsp3) is 0.250. The maximum Gasteiger partial charge on any atom is 0.474 e. The standard InChI is InChI=1S/C16H17N2O9P/c1-25-28(24,26-2)27-16(12-5-9-14(10-6-12)18(22)23)15(19)11-3-7-13(8-4-11)17(20)21/h3-10,15-16,19H,1-2H3. The number of aliphatic hydroxyl groups is 1. The monoisotopic (exact) mass is 412 g/mol. The van der Waals surface area contributed by atoms with E-state index in [1.807, 2.05) is 0 Å². The van der Waals surface area contributed by atoms with Gasteiger partial charge in [-0.3, -0.25) is 33.8 Å². The van der Waals surface area contributed by atoms with Crippen LogP contribution in [0.5, 0.6) is 0 Å². The van der Waals surface area contributed by atoms with E-state index in [1.54, 1.807) is 0 Å². The number of non-ortho nitro benzene ring substituents is 2. The van der Waals surface area contributed by atoms with E-state index in [9.17, 15) is 29.9 Å². The molecule has 2 unspecified atom stereocenters. The SMILES string of the molecule is COP(=O)(OC)OC(c1ccc([N+](=O)[O-])cc1)C(O)c1ccc([N+](=O)[O-])cc1. The summed E-state index contributed by atoms with van der Waals surface area (Å²) in [5.74, 6) is 0. The molecule has 0 spiro atoms. The lowest BCUT2D eigenvalue weighted by molar-refractivity contribution is -0.385. The van der Waals surface area contributed by atoms with Crippen LogP contribution in [0.2, 0.25) is 0 Å². The highest BCUT2D eigenvalue weighted by Gasteiger charge is 2.34. The molecule has 150 valence electrons. The van der Waals surface area contributed by atoms with E-state index < -0.39 is 29.9 Å². The summed E-state index contributed by atoms with van der Waals surface area (Å²) in [6.45, 7) is 0. The predicted molar refractivity (Wildman–Crippen MR) is 96.6 cm³/mol. The lowest BCUT2D eigenvalue weighted by atomic mass is 9.98. The van der Waals surface area contributed by atoms with E-state index in [1.165, 1.54) is 48.5 Å². The number of phosphoric acid groups is 1. The molecular formula is C16H17N2O9P. The maximum atomic E-state index is 12.4. The highest BCUT2D eigenvalue weighted by molar-refractivity contribution is 7.48. The van der Waals surface area contributed by atoms with Gasteiger partial charge in [0.05, 0.1) is 9.85 Å². The fourth-order valence-corrected chi connectivity index (χ4v) is 3.19. The van der Waals surface area contributed by atoms with Gasteiger partial charge in [-0.05, 0) is 35.4 Å². The second kappa shape index (κ2) is 9.00. The number of rotatable bonds is 9. The lowest BCUT2D eigenvalue weighted by Crippen LogP contribution is -2.15. The van der Waals surface area contributed by atoms with Crippen molar-refractivity contribution in [1.82, 2.24) is 0 Å². The van der Waals surface area contributed by atoms with Crippen LogP contribution >= 0.6 is 7.82 Å². The van der Waals surface area contributed by atoms with Crippen molar-refractivity contribution in [2.45, 2.75) is 12.2 Å². The third-order valence-corrected chi connectivity index (χ3v) is 5.23. The van der Waals surface area contributed by atoms with Gasteiger partial charge in [-0.15, -0.1) is 0 Å². The Morgan fingerprint density at radius 2 is 1.25 bits per heavy atom. The van der Waals surface area contributed by atoms with E-state index in [-0.39, 0.29) is 22.5 Å². The summed E-state index contributed by atoms with van der Waals surface area (Å²) in [7, 11) is -1.85. The van der Waals surface area contributed by atoms with Crippen LogP contribution in [0.1, 0.15) is 23.3 Å². The van der Waals surface area contributed by atoms with Gasteiger partial charge < -0.3 is 5.11 Å². The molecule has 2 aromatic rings. The van der Waals surface area contributed by atoms with Crippen LogP contribution in [0.15, 0.2) is 48.5 Å². The van der Waals surface area contributed by atoms with Crippen LogP contribution in [0.3, 0.4) is 0 Å². The number of benzene rings is 2. The lowest BCUT2D eigenvalue weighted by Gasteiger charge is -2.26. The number of aliphatic hydroxyl groups excluding tert-OH is 1. The van der Waals surface area contributed by atoms with Gasteiger partial charge in [-0.25, -0.2) is 4.57 Å². The van der Waals surface area contributed by atoms with E-state index in [4.69, 9.17) is 13.6 Å². The van der Waals surface area contributed by atoms with Gasteiger partial charge in [0, 0.05) is 38.5 Å². The van der Waals surface area contributed by atoms with Crippen molar-refractivity contribution in [3.63, 3.8) is 0 Å². The second-order valence-electron chi connectivity index (χ2n) is 5.48. The molecule has 0 fully saturated rings. The van der Waals surface area contributed by atoms with E-state index in [2.05, 4.69) is 0 Å². The molecular weight excluding hydrogens is 395 g/mol. The van der Waals surface area contributed by atoms with Crippen molar-refractivity contribution in [2.75, 3.05) is 14.2 Å². The first-order valence-electron chi connectivity index (χ1n) is 7.77. The minimum Gasteiger partial charge on any atom is -0.385 e. The zero-order valence-corrected chi connectivity index (χ0v) is 15.7. The molecule has 1 N–H and O–H groups in total. The summed E-state index contributed by atoms with van der Waals surface area (Å²) >= 11 is 0. The quantitative estimate of drug-likeness (QED) is 0.369. The number of nitro benzene ring substituents is 2. The van der Waals surface area contributed by atoms with Crippen LogP contribution in [0, 0.1) is 20.2 Å². The van der Waals surface area contributed by atoms with Crippen LogP contribution < -0.4 is 0 Å². The number of nitrogens with zero attached hydrogens (tertiary/aromatic N) is 2. The minimum atomic E-state index is -4.04. The Morgan fingerprint density at radius 1 is 0.857 bits per heavy atom. The molecule has 2 atom stereocenters. The molecule has 0 aliphatic rings. The first-order valence-corrected chi connectivity index (χ1v) is 9.23. The third kappa shape index (κ3) is 4.97. The number of phosphoric ester groups is 1. The molecule has 28 heavy (non-hydrogen) atoms. The largest absolute Gasteiger partial charge is 0.474 e. The Balaban J connectivity index is 2.42. The molecule has 0 saturated carbocycles. The fourth-order valence-electron chi connectivity index (χ4n) is 2.35. The van der Waals surface area contributed by atoms with Crippen molar-refractivity contribution in [2.24, 2.45) is 0 Å². The van der Waals surface area contributed by atoms with Crippen LogP contribution in [-0.4, -0.2) is 29.2 Å². The van der Waals surface area contributed by atoms with Gasteiger partial charge in [0.25, 0.3) is 11.4 Å². The van der Waals surface area contributed by atoms with Crippen LogP contribution in [0.4, 0.5) is 11.4 Å². The van der Waals surface area contributed by atoms with Gasteiger partial charge in [0.2, 0.25) is 0 Å². The summed E-state index contributed by atoms with van der Waals surface area (Å²) in [6.07, 6.45) is -2.73. The zero-order chi connectivity index (χ0) is 20.9. The molecule has 12 heteroatoms. The second-order valence-corrected chi connectivity index (χ2v) is 7.32. The molecule has 0 saturated heterocycles. The first-order chi connectivity index (χ1) is 13.2. The highest BCUT2D eigenvalue weighted by atomic mass is 31.2. The Bertz CT molecular complexity index is 878. The Kier molecular flexibility index (Phi) is 6.95. The molecule has 0 bridgehead atoms. The van der Waals surface area contributed by atoms with Crippen molar-refractivity contribution in [1.29, 1.82) is 0 Å². The summed E-state index contributed by atoms with van der Waals surface area (Å²) in [5, 5.41) is 32.3. The summed E-state index contributed by atoms with van der Waals surface area (Å²) in [5.41, 5.74) is 0.121.